The van der Waals surface area contributed by atoms with Crippen molar-refractivity contribution < 1.29 is 9.69 Å². The number of hydrogen-bond acceptors (Lipinski definition) is 2. The molecule has 1 atom stereocenters. The molecule has 0 heterocycles. The maximum absolute atomic E-state index is 12.5. The molecule has 1 unspecified atom stereocenters. The number of carbonyl (C=O) groups excluding carboxylic acids is 1. The Balaban J connectivity index is 1.61. The Hall–Kier alpha value is -2.64. The molecule has 4 nitrogen and oxygen atoms in total. The first-order valence-corrected chi connectivity index (χ1v) is 9.28. The first-order valence-electron chi connectivity index (χ1n) is 9.28. The summed E-state index contributed by atoms with van der Waals surface area (Å²) in [5, 5.41) is 11.9. The molecular weight excluding hydrogens is 322 g/mol. The zero-order chi connectivity index (χ0) is 18.5. The van der Waals surface area contributed by atoms with E-state index in [2.05, 4.69) is 49.5 Å². The third kappa shape index (κ3) is 4.93. The van der Waals surface area contributed by atoms with Gasteiger partial charge in [-0.25, -0.2) is 0 Å². The summed E-state index contributed by atoms with van der Waals surface area (Å²) in [5.41, 5.74) is 3.86. The van der Waals surface area contributed by atoms with Gasteiger partial charge in [0.25, 0.3) is 5.91 Å². The first-order chi connectivity index (χ1) is 12.5. The highest BCUT2D eigenvalue weighted by molar-refractivity contribution is 5.91. The van der Waals surface area contributed by atoms with Crippen LogP contribution in [0.15, 0.2) is 48.5 Å². The second-order valence-corrected chi connectivity index (χ2v) is 7.42. The molecule has 26 heavy (non-hydrogen) atoms. The highest BCUT2D eigenvalue weighted by Gasteiger charge is 2.34. The van der Waals surface area contributed by atoms with Crippen LogP contribution >= 0.6 is 0 Å². The molecule has 134 valence electrons. The van der Waals surface area contributed by atoms with Gasteiger partial charge >= 0.3 is 0 Å². The fourth-order valence-electron chi connectivity index (χ4n) is 3.20. The van der Waals surface area contributed by atoms with Gasteiger partial charge in [0.1, 0.15) is 6.54 Å². The smallest absolute Gasteiger partial charge is 0.279 e. The lowest BCUT2D eigenvalue weighted by Gasteiger charge is -2.19. The van der Waals surface area contributed by atoms with Crippen molar-refractivity contribution >= 4 is 11.6 Å². The van der Waals surface area contributed by atoms with Crippen molar-refractivity contribution in [2.75, 3.05) is 11.9 Å². The van der Waals surface area contributed by atoms with Gasteiger partial charge in [-0.3, -0.25) is 4.79 Å². The maximum Gasteiger partial charge on any atom is 0.279 e. The number of nitrogens with one attached hydrogen (secondary N) is 2. The summed E-state index contributed by atoms with van der Waals surface area (Å²) >= 11 is 0. The fraction of sp³-hybridized carbons (Fsp3) is 0.364. The molecule has 1 saturated carbocycles. The predicted octanol–water partition coefficient (Wildman–Crippen LogP) is 2.87. The van der Waals surface area contributed by atoms with Crippen molar-refractivity contribution in [1.29, 1.82) is 5.26 Å². The number of quaternary nitrogens is 1. The topological polar surface area (TPSA) is 57.3 Å². The third-order valence-electron chi connectivity index (χ3n) is 4.90. The maximum atomic E-state index is 12.5. The minimum Gasteiger partial charge on any atom is -0.321 e. The lowest BCUT2D eigenvalue weighted by molar-refractivity contribution is -0.916. The van der Waals surface area contributed by atoms with Crippen LogP contribution in [0.4, 0.5) is 5.69 Å². The molecular formula is C22H26N3O+. The summed E-state index contributed by atoms with van der Waals surface area (Å²) in [6.07, 6.45) is 2.38. The van der Waals surface area contributed by atoms with E-state index in [1.165, 1.54) is 28.9 Å². The van der Waals surface area contributed by atoms with E-state index >= 15 is 0 Å². The van der Waals surface area contributed by atoms with E-state index in [9.17, 15) is 4.79 Å². The Kier molecular flexibility index (Phi) is 5.70. The number of nitrogens with zero attached hydrogens (tertiary/aromatic N) is 1. The molecule has 0 spiro atoms. The minimum atomic E-state index is 0.000732. The average molecular weight is 348 g/mol. The molecule has 0 radical (unpaired) electrons. The molecule has 1 aliphatic carbocycles. The van der Waals surface area contributed by atoms with Crippen LogP contribution in [0.25, 0.3) is 0 Å². The third-order valence-corrected chi connectivity index (χ3v) is 4.90. The highest BCUT2D eigenvalue weighted by atomic mass is 16.2. The van der Waals surface area contributed by atoms with Crippen LogP contribution in [0.5, 0.6) is 0 Å². The van der Waals surface area contributed by atoms with Gasteiger partial charge in [-0.05, 0) is 29.7 Å². The minimum absolute atomic E-state index is 0.000732. The summed E-state index contributed by atoms with van der Waals surface area (Å²) < 4.78 is 0. The second-order valence-electron chi connectivity index (χ2n) is 7.42. The van der Waals surface area contributed by atoms with Gasteiger partial charge in [-0.15, -0.1) is 0 Å². The number of carbonyl (C=O) groups is 1. The van der Waals surface area contributed by atoms with Gasteiger partial charge in [0, 0.05) is 24.1 Å². The van der Waals surface area contributed by atoms with Gasteiger partial charge < -0.3 is 10.2 Å². The van der Waals surface area contributed by atoms with Crippen LogP contribution in [0.1, 0.15) is 49.3 Å². The van der Waals surface area contributed by atoms with Crippen molar-refractivity contribution in [1.82, 2.24) is 0 Å². The molecule has 0 bridgehead atoms. The van der Waals surface area contributed by atoms with Crippen molar-refractivity contribution in [2.45, 2.75) is 45.2 Å². The van der Waals surface area contributed by atoms with E-state index in [1.807, 2.05) is 6.07 Å². The zero-order valence-corrected chi connectivity index (χ0v) is 15.5. The van der Waals surface area contributed by atoms with Crippen molar-refractivity contribution in [2.24, 2.45) is 0 Å². The molecule has 0 aromatic heterocycles. The lowest BCUT2D eigenvalue weighted by atomic mass is 10.0. The Bertz CT molecular complexity index is 801. The van der Waals surface area contributed by atoms with Crippen LogP contribution < -0.4 is 10.2 Å². The largest absolute Gasteiger partial charge is 0.321 e. The quantitative estimate of drug-likeness (QED) is 0.808. The predicted molar refractivity (Wildman–Crippen MR) is 103 cm³/mol. The second kappa shape index (κ2) is 8.16. The Morgan fingerprint density at radius 3 is 2.58 bits per heavy atom. The van der Waals surface area contributed by atoms with Crippen molar-refractivity contribution in [3.05, 3.63) is 65.2 Å². The fourth-order valence-corrected chi connectivity index (χ4v) is 3.20. The van der Waals surface area contributed by atoms with Crippen LogP contribution in [0.2, 0.25) is 0 Å². The van der Waals surface area contributed by atoms with Gasteiger partial charge in [-0.1, -0.05) is 44.2 Å². The van der Waals surface area contributed by atoms with Crippen LogP contribution in [0.3, 0.4) is 0 Å². The molecule has 0 saturated heterocycles. The molecule has 2 aromatic carbocycles. The number of hydrogen-bond donors (Lipinski definition) is 2. The van der Waals surface area contributed by atoms with Crippen molar-refractivity contribution in [3.63, 3.8) is 0 Å². The van der Waals surface area contributed by atoms with Crippen LogP contribution in [-0.4, -0.2) is 18.5 Å². The van der Waals surface area contributed by atoms with Gasteiger partial charge in [0.05, 0.1) is 17.7 Å². The summed E-state index contributed by atoms with van der Waals surface area (Å²) in [6, 6.07) is 18.5. The van der Waals surface area contributed by atoms with Crippen molar-refractivity contribution in [3.8, 4) is 6.07 Å². The first kappa shape index (κ1) is 18.2. The SMILES string of the molecule is CC(C)c1ccc(C[NH+](CC(=O)Nc2cccc(C#N)c2)C2CC2)cc1. The molecule has 2 aromatic rings. The molecule has 1 amide bonds. The average Bonchev–Trinajstić information content (AvgIpc) is 3.47. The van der Waals surface area contributed by atoms with E-state index in [0.29, 0.717) is 29.8 Å². The number of rotatable bonds is 7. The van der Waals surface area contributed by atoms with E-state index in [0.717, 1.165) is 6.54 Å². The zero-order valence-electron chi connectivity index (χ0n) is 15.5. The number of anilines is 1. The molecule has 2 N–H and O–H groups in total. The summed E-state index contributed by atoms with van der Waals surface area (Å²) in [7, 11) is 0. The Morgan fingerprint density at radius 2 is 1.96 bits per heavy atom. The van der Waals surface area contributed by atoms with Crippen LogP contribution in [-0.2, 0) is 11.3 Å². The normalized spacial score (nSPS) is 14.7. The van der Waals surface area contributed by atoms with E-state index in [4.69, 9.17) is 5.26 Å². The summed E-state index contributed by atoms with van der Waals surface area (Å²) in [6.45, 7) is 5.72. The van der Waals surface area contributed by atoms with Gasteiger partial charge in [0.15, 0.2) is 6.54 Å². The molecule has 4 heteroatoms. The number of nitriles is 1. The monoisotopic (exact) mass is 348 g/mol. The Labute approximate surface area is 155 Å². The van der Waals surface area contributed by atoms with E-state index in [1.54, 1.807) is 18.2 Å². The number of benzene rings is 2. The number of amides is 1. The standard InChI is InChI=1S/C22H25N3O/c1-16(2)19-8-6-17(7-9-19)14-25(21-10-11-21)15-22(26)24-20-5-3-4-18(12-20)13-23/h3-9,12,16,21H,10-11,14-15H2,1-2H3,(H,24,26)/p+1. The van der Waals surface area contributed by atoms with Crippen LogP contribution in [0, 0.1) is 11.3 Å². The van der Waals surface area contributed by atoms with E-state index in [-0.39, 0.29) is 5.91 Å². The molecule has 1 aliphatic rings. The highest BCUT2D eigenvalue weighted by Crippen LogP contribution is 2.17. The molecule has 0 aliphatic heterocycles. The molecule has 1 fully saturated rings. The Morgan fingerprint density at radius 1 is 1.23 bits per heavy atom. The van der Waals surface area contributed by atoms with Gasteiger partial charge in [0.2, 0.25) is 0 Å². The van der Waals surface area contributed by atoms with E-state index < -0.39 is 0 Å². The summed E-state index contributed by atoms with van der Waals surface area (Å²) in [4.78, 5) is 13.8. The van der Waals surface area contributed by atoms with Gasteiger partial charge in [-0.2, -0.15) is 5.26 Å². The lowest BCUT2D eigenvalue weighted by Crippen LogP contribution is -3.13. The molecule has 3 rings (SSSR count). The summed E-state index contributed by atoms with van der Waals surface area (Å²) in [5.74, 6) is 0.534.